The highest BCUT2D eigenvalue weighted by Crippen LogP contribution is 2.31. The van der Waals surface area contributed by atoms with Gasteiger partial charge in [-0.15, -0.1) is 0 Å². The third kappa shape index (κ3) is 2.90. The maximum Gasteiger partial charge on any atom is 0.103 e. The third-order valence-electron chi connectivity index (χ3n) is 3.42. The van der Waals surface area contributed by atoms with Gasteiger partial charge in [-0.3, -0.25) is 0 Å². The molecular weight excluding hydrogens is 291 g/mol. The lowest BCUT2D eigenvalue weighted by atomic mass is 10.1. The molecule has 0 spiro atoms. The Hall–Kier alpha value is -1.69. The van der Waals surface area contributed by atoms with Crippen molar-refractivity contribution in [2.24, 2.45) is 0 Å². The van der Waals surface area contributed by atoms with Crippen molar-refractivity contribution in [1.29, 1.82) is 5.26 Å². The van der Waals surface area contributed by atoms with E-state index >= 15 is 0 Å². The van der Waals surface area contributed by atoms with E-state index in [0.29, 0.717) is 15.6 Å². The molecule has 0 aliphatic rings. The van der Waals surface area contributed by atoms with E-state index < -0.39 is 0 Å². The number of anilines is 1. The summed E-state index contributed by atoms with van der Waals surface area (Å²) in [5, 5.41) is 10.4. The molecule has 0 N–H and O–H groups in total. The van der Waals surface area contributed by atoms with E-state index in [9.17, 15) is 5.26 Å². The van der Waals surface area contributed by atoms with E-state index in [4.69, 9.17) is 23.2 Å². The fraction of sp³-hybridized carbons (Fsp3) is 0.188. The van der Waals surface area contributed by atoms with Crippen LogP contribution in [0.4, 0.5) is 5.69 Å². The van der Waals surface area contributed by atoms with Crippen LogP contribution in [0, 0.1) is 11.3 Å². The first-order chi connectivity index (χ1) is 9.54. The Kier molecular flexibility index (Phi) is 4.54. The Labute approximate surface area is 129 Å². The molecule has 1 unspecified atom stereocenters. The molecule has 0 heterocycles. The third-order valence-corrected chi connectivity index (χ3v) is 3.98. The molecule has 2 aromatic rings. The van der Waals surface area contributed by atoms with E-state index in [1.165, 1.54) is 0 Å². The van der Waals surface area contributed by atoms with Crippen LogP contribution in [0.2, 0.25) is 10.0 Å². The topological polar surface area (TPSA) is 27.0 Å². The summed E-state index contributed by atoms with van der Waals surface area (Å²) in [5.74, 6) is 0. The van der Waals surface area contributed by atoms with Gasteiger partial charge in [0.25, 0.3) is 0 Å². The molecule has 0 bridgehead atoms. The molecule has 0 radical (unpaired) electrons. The van der Waals surface area contributed by atoms with Crippen LogP contribution < -0.4 is 4.90 Å². The maximum atomic E-state index is 9.26. The van der Waals surface area contributed by atoms with Crippen LogP contribution in [-0.2, 0) is 0 Å². The first-order valence-corrected chi connectivity index (χ1v) is 6.97. The highest BCUT2D eigenvalue weighted by Gasteiger charge is 2.16. The Bertz CT molecular complexity index is 645. The van der Waals surface area contributed by atoms with E-state index in [-0.39, 0.29) is 6.04 Å². The standard InChI is InChI=1S/C16H14Cl2N2/c1-11(12-6-8-13(17)9-7-12)20(2)16-5-3-4-15(18)14(16)10-19/h3-9,11H,1-2H3. The molecule has 2 nitrogen and oxygen atoms in total. The minimum Gasteiger partial charge on any atom is -0.367 e. The van der Waals surface area contributed by atoms with Gasteiger partial charge in [0.05, 0.1) is 22.3 Å². The van der Waals surface area contributed by atoms with Gasteiger partial charge in [0.15, 0.2) is 0 Å². The van der Waals surface area contributed by atoms with Gasteiger partial charge in [-0.2, -0.15) is 5.26 Å². The molecule has 0 saturated carbocycles. The van der Waals surface area contributed by atoms with Gasteiger partial charge >= 0.3 is 0 Å². The van der Waals surface area contributed by atoms with Gasteiger partial charge in [0, 0.05) is 12.1 Å². The number of hydrogen-bond donors (Lipinski definition) is 0. The molecule has 0 aliphatic carbocycles. The van der Waals surface area contributed by atoms with E-state index in [1.807, 2.05) is 48.3 Å². The lowest BCUT2D eigenvalue weighted by molar-refractivity contribution is 0.739. The molecule has 0 fully saturated rings. The molecule has 0 aliphatic heterocycles. The van der Waals surface area contributed by atoms with Gasteiger partial charge in [-0.25, -0.2) is 0 Å². The van der Waals surface area contributed by atoms with Crippen LogP contribution in [0.1, 0.15) is 24.1 Å². The van der Waals surface area contributed by atoms with Gasteiger partial charge in [0.2, 0.25) is 0 Å². The summed E-state index contributed by atoms with van der Waals surface area (Å²) in [6, 6.07) is 15.5. The monoisotopic (exact) mass is 304 g/mol. The minimum atomic E-state index is 0.109. The smallest absolute Gasteiger partial charge is 0.103 e. The van der Waals surface area contributed by atoms with Crippen molar-refractivity contribution in [2.45, 2.75) is 13.0 Å². The summed E-state index contributed by atoms with van der Waals surface area (Å²) in [4.78, 5) is 2.04. The van der Waals surface area contributed by atoms with Crippen molar-refractivity contribution in [2.75, 3.05) is 11.9 Å². The van der Waals surface area contributed by atoms with Crippen LogP contribution in [0.3, 0.4) is 0 Å². The molecule has 2 rings (SSSR count). The zero-order chi connectivity index (χ0) is 14.7. The second-order valence-corrected chi connectivity index (χ2v) is 5.43. The highest BCUT2D eigenvalue weighted by molar-refractivity contribution is 6.32. The fourth-order valence-electron chi connectivity index (χ4n) is 2.09. The highest BCUT2D eigenvalue weighted by atomic mass is 35.5. The molecule has 0 amide bonds. The largest absolute Gasteiger partial charge is 0.367 e. The van der Waals surface area contributed by atoms with Crippen LogP contribution in [0.25, 0.3) is 0 Å². The number of halogens is 2. The summed E-state index contributed by atoms with van der Waals surface area (Å²) in [6.07, 6.45) is 0. The Morgan fingerprint density at radius 3 is 2.35 bits per heavy atom. The molecule has 0 aromatic heterocycles. The summed E-state index contributed by atoms with van der Waals surface area (Å²) >= 11 is 12.0. The van der Waals surface area contributed by atoms with Crippen LogP contribution in [0.5, 0.6) is 0 Å². The Morgan fingerprint density at radius 2 is 1.75 bits per heavy atom. The maximum absolute atomic E-state index is 9.26. The molecule has 0 saturated heterocycles. The molecule has 20 heavy (non-hydrogen) atoms. The first kappa shape index (κ1) is 14.7. The summed E-state index contributed by atoms with van der Waals surface area (Å²) in [6.45, 7) is 2.07. The van der Waals surface area contributed by atoms with Crippen molar-refractivity contribution < 1.29 is 0 Å². The second-order valence-electron chi connectivity index (χ2n) is 4.58. The van der Waals surface area contributed by atoms with E-state index in [0.717, 1.165) is 11.3 Å². The number of nitriles is 1. The second kappa shape index (κ2) is 6.17. The zero-order valence-electron chi connectivity index (χ0n) is 11.3. The molecule has 4 heteroatoms. The average Bonchev–Trinajstić information content (AvgIpc) is 2.46. The van der Waals surface area contributed by atoms with Crippen molar-refractivity contribution in [1.82, 2.24) is 0 Å². The zero-order valence-corrected chi connectivity index (χ0v) is 12.8. The number of hydrogen-bond acceptors (Lipinski definition) is 2. The van der Waals surface area contributed by atoms with Crippen molar-refractivity contribution in [3.05, 3.63) is 63.6 Å². The van der Waals surface area contributed by atoms with Crippen LogP contribution >= 0.6 is 23.2 Å². The van der Waals surface area contributed by atoms with E-state index in [2.05, 4.69) is 13.0 Å². The van der Waals surface area contributed by atoms with E-state index in [1.54, 1.807) is 6.07 Å². The fourth-order valence-corrected chi connectivity index (χ4v) is 2.43. The van der Waals surface area contributed by atoms with Crippen molar-refractivity contribution in [3.63, 3.8) is 0 Å². The molecule has 1 atom stereocenters. The normalized spacial score (nSPS) is 11.8. The Balaban J connectivity index is 2.36. The lowest BCUT2D eigenvalue weighted by Crippen LogP contribution is -2.22. The minimum absolute atomic E-state index is 0.109. The van der Waals surface area contributed by atoms with Crippen LogP contribution in [0.15, 0.2) is 42.5 Å². The molecule has 102 valence electrons. The summed E-state index contributed by atoms with van der Waals surface area (Å²) in [7, 11) is 1.95. The number of nitrogens with zero attached hydrogens (tertiary/aromatic N) is 2. The van der Waals surface area contributed by atoms with Gasteiger partial charge in [-0.1, -0.05) is 41.4 Å². The average molecular weight is 305 g/mol. The quantitative estimate of drug-likeness (QED) is 0.792. The van der Waals surface area contributed by atoms with Gasteiger partial charge in [-0.05, 0) is 36.8 Å². The molecular formula is C16H14Cl2N2. The summed E-state index contributed by atoms with van der Waals surface area (Å²) in [5.41, 5.74) is 2.45. The Morgan fingerprint density at radius 1 is 1.10 bits per heavy atom. The van der Waals surface area contributed by atoms with Crippen molar-refractivity contribution >= 4 is 28.9 Å². The first-order valence-electron chi connectivity index (χ1n) is 6.21. The van der Waals surface area contributed by atoms with Crippen LogP contribution in [-0.4, -0.2) is 7.05 Å². The molecule has 2 aromatic carbocycles. The van der Waals surface area contributed by atoms with Gasteiger partial charge < -0.3 is 4.90 Å². The summed E-state index contributed by atoms with van der Waals surface area (Å²) < 4.78 is 0. The lowest BCUT2D eigenvalue weighted by Gasteiger charge is -2.28. The van der Waals surface area contributed by atoms with Crippen molar-refractivity contribution in [3.8, 4) is 6.07 Å². The number of rotatable bonds is 3. The SMILES string of the molecule is CC(c1ccc(Cl)cc1)N(C)c1cccc(Cl)c1C#N. The number of benzene rings is 2. The predicted octanol–water partition coefficient (Wildman–Crippen LogP) is 5.06. The predicted molar refractivity (Wildman–Crippen MR) is 84.4 cm³/mol. The van der Waals surface area contributed by atoms with Gasteiger partial charge in [0.1, 0.15) is 6.07 Å².